The summed E-state index contributed by atoms with van der Waals surface area (Å²) in [6.07, 6.45) is 0. The fourth-order valence-corrected chi connectivity index (χ4v) is 5.07. The lowest BCUT2D eigenvalue weighted by atomic mass is 9.98. The first-order chi connectivity index (χ1) is 17.5. The standard InChI is InChI=1S/C27H18FN3O4S/c1-15-29-30-27(36-15)31-23(17-8-5-9-19(12-17)34-14-16-6-3-2-4-7-16)22-24(32)20-13-18(28)10-11-21(20)35-25(22)26(31)33/h2-13,23H,14H2,1H3. The Morgan fingerprint density at radius 1 is 1.03 bits per heavy atom. The Morgan fingerprint density at radius 3 is 2.64 bits per heavy atom. The summed E-state index contributed by atoms with van der Waals surface area (Å²) in [4.78, 5) is 28.6. The fraction of sp³-hybridized carbons (Fsp3) is 0.111. The summed E-state index contributed by atoms with van der Waals surface area (Å²) in [5, 5.41) is 9.27. The highest BCUT2D eigenvalue weighted by Crippen LogP contribution is 2.42. The molecule has 1 aliphatic rings. The average molecular weight is 500 g/mol. The Kier molecular flexibility index (Phi) is 5.34. The fourth-order valence-electron chi connectivity index (χ4n) is 4.36. The van der Waals surface area contributed by atoms with Gasteiger partial charge in [-0.05, 0) is 48.4 Å². The van der Waals surface area contributed by atoms with Crippen molar-refractivity contribution in [1.29, 1.82) is 0 Å². The third-order valence-electron chi connectivity index (χ3n) is 5.98. The molecule has 0 bridgehead atoms. The van der Waals surface area contributed by atoms with Crippen molar-refractivity contribution in [2.45, 2.75) is 19.6 Å². The van der Waals surface area contributed by atoms with Gasteiger partial charge in [0, 0.05) is 0 Å². The molecule has 1 unspecified atom stereocenters. The van der Waals surface area contributed by atoms with Gasteiger partial charge in [-0.1, -0.05) is 53.8 Å². The van der Waals surface area contributed by atoms with Crippen LogP contribution in [-0.4, -0.2) is 16.1 Å². The van der Waals surface area contributed by atoms with Gasteiger partial charge in [-0.25, -0.2) is 4.39 Å². The second kappa shape index (κ2) is 8.69. The Labute approximate surface area is 208 Å². The van der Waals surface area contributed by atoms with Gasteiger partial charge in [0.05, 0.1) is 17.0 Å². The Bertz CT molecular complexity index is 1680. The summed E-state index contributed by atoms with van der Waals surface area (Å²) in [5.41, 5.74) is 1.44. The van der Waals surface area contributed by atoms with Gasteiger partial charge in [-0.2, -0.15) is 0 Å². The SMILES string of the molecule is Cc1nnc(N2C(=O)c3oc4ccc(F)cc4c(=O)c3C2c2cccc(OCc3ccccc3)c2)s1. The van der Waals surface area contributed by atoms with Crippen LogP contribution >= 0.6 is 11.3 Å². The number of carbonyl (C=O) groups excluding carboxylic acids is 1. The molecule has 2 aromatic heterocycles. The quantitative estimate of drug-likeness (QED) is 0.321. The molecule has 0 spiro atoms. The lowest BCUT2D eigenvalue weighted by Crippen LogP contribution is -2.29. The predicted molar refractivity (Wildman–Crippen MR) is 133 cm³/mol. The monoisotopic (exact) mass is 499 g/mol. The molecule has 9 heteroatoms. The maximum absolute atomic E-state index is 14.0. The van der Waals surface area contributed by atoms with E-state index in [2.05, 4.69) is 10.2 Å². The molecular formula is C27H18FN3O4S. The van der Waals surface area contributed by atoms with Crippen LogP contribution in [0, 0.1) is 12.7 Å². The molecule has 0 fully saturated rings. The van der Waals surface area contributed by atoms with Crippen molar-refractivity contribution in [3.05, 3.63) is 116 Å². The van der Waals surface area contributed by atoms with Crippen molar-refractivity contribution >= 4 is 33.3 Å². The minimum absolute atomic E-state index is 0.0679. The van der Waals surface area contributed by atoms with Crippen LogP contribution in [0.3, 0.4) is 0 Å². The summed E-state index contributed by atoms with van der Waals surface area (Å²) in [6, 6.07) is 19.7. The molecule has 1 atom stereocenters. The predicted octanol–water partition coefficient (Wildman–Crippen LogP) is 5.42. The van der Waals surface area contributed by atoms with E-state index in [-0.39, 0.29) is 22.3 Å². The molecule has 1 amide bonds. The number of aryl methyl sites for hydroxylation is 1. The molecule has 36 heavy (non-hydrogen) atoms. The molecule has 3 aromatic carbocycles. The van der Waals surface area contributed by atoms with Crippen molar-refractivity contribution in [3.8, 4) is 5.75 Å². The number of aromatic nitrogens is 2. The first kappa shape index (κ1) is 22.1. The molecule has 178 valence electrons. The Hall–Kier alpha value is -4.37. The number of fused-ring (bicyclic) bond motifs is 2. The van der Waals surface area contributed by atoms with Gasteiger partial charge in [0.2, 0.25) is 10.9 Å². The van der Waals surface area contributed by atoms with Gasteiger partial charge in [-0.3, -0.25) is 14.5 Å². The van der Waals surface area contributed by atoms with Gasteiger partial charge in [0.25, 0.3) is 5.91 Å². The molecule has 0 saturated carbocycles. The van der Waals surface area contributed by atoms with E-state index < -0.39 is 23.2 Å². The van der Waals surface area contributed by atoms with E-state index >= 15 is 0 Å². The third kappa shape index (κ3) is 3.74. The van der Waals surface area contributed by atoms with Gasteiger partial charge in [0.15, 0.2) is 5.43 Å². The van der Waals surface area contributed by atoms with Crippen LogP contribution in [0.25, 0.3) is 11.0 Å². The van der Waals surface area contributed by atoms with Crippen LogP contribution < -0.4 is 15.1 Å². The van der Waals surface area contributed by atoms with Gasteiger partial charge in [-0.15, -0.1) is 10.2 Å². The van der Waals surface area contributed by atoms with Gasteiger partial charge in [0.1, 0.15) is 28.8 Å². The molecule has 0 saturated heterocycles. The maximum atomic E-state index is 14.0. The molecule has 7 nitrogen and oxygen atoms in total. The molecule has 0 radical (unpaired) electrons. The zero-order valence-electron chi connectivity index (χ0n) is 19.0. The third-order valence-corrected chi connectivity index (χ3v) is 6.81. The Balaban J connectivity index is 1.49. The number of hydrogen-bond acceptors (Lipinski definition) is 7. The highest BCUT2D eigenvalue weighted by atomic mass is 32.1. The summed E-state index contributed by atoms with van der Waals surface area (Å²) in [5.74, 6) is -0.594. The van der Waals surface area contributed by atoms with Crippen LogP contribution in [0.2, 0.25) is 0 Å². The summed E-state index contributed by atoms with van der Waals surface area (Å²) in [7, 11) is 0. The summed E-state index contributed by atoms with van der Waals surface area (Å²) < 4.78 is 25.9. The number of carbonyl (C=O) groups is 1. The largest absolute Gasteiger partial charge is 0.489 e. The van der Waals surface area contributed by atoms with E-state index in [9.17, 15) is 14.0 Å². The van der Waals surface area contributed by atoms with Crippen molar-refractivity contribution in [3.63, 3.8) is 0 Å². The number of hydrogen-bond donors (Lipinski definition) is 0. The van der Waals surface area contributed by atoms with Crippen LogP contribution in [0.4, 0.5) is 9.52 Å². The summed E-state index contributed by atoms with van der Waals surface area (Å²) in [6.45, 7) is 2.14. The Morgan fingerprint density at radius 2 is 1.86 bits per heavy atom. The zero-order valence-corrected chi connectivity index (χ0v) is 19.8. The van der Waals surface area contributed by atoms with E-state index in [1.54, 1.807) is 25.1 Å². The zero-order chi connectivity index (χ0) is 24.8. The van der Waals surface area contributed by atoms with Crippen molar-refractivity contribution in [2.24, 2.45) is 0 Å². The highest BCUT2D eigenvalue weighted by Gasteiger charge is 2.45. The van der Waals surface area contributed by atoms with Crippen LogP contribution in [-0.2, 0) is 6.61 Å². The summed E-state index contributed by atoms with van der Waals surface area (Å²) >= 11 is 1.23. The average Bonchev–Trinajstić information content (AvgIpc) is 3.45. The second-order valence-electron chi connectivity index (χ2n) is 8.34. The van der Waals surface area contributed by atoms with E-state index in [1.165, 1.54) is 28.4 Å². The number of amides is 1. The first-order valence-corrected chi connectivity index (χ1v) is 12.0. The number of rotatable bonds is 5. The van der Waals surface area contributed by atoms with Crippen molar-refractivity contribution in [1.82, 2.24) is 10.2 Å². The minimum Gasteiger partial charge on any atom is -0.489 e. The second-order valence-corrected chi connectivity index (χ2v) is 9.50. The molecule has 0 aliphatic carbocycles. The molecular weight excluding hydrogens is 481 g/mol. The van der Waals surface area contributed by atoms with Crippen molar-refractivity contribution < 1.29 is 18.3 Å². The number of ether oxygens (including phenoxy) is 1. The van der Waals surface area contributed by atoms with Crippen molar-refractivity contribution in [2.75, 3.05) is 4.90 Å². The molecule has 1 aliphatic heterocycles. The maximum Gasteiger partial charge on any atom is 0.297 e. The lowest BCUT2D eigenvalue weighted by Gasteiger charge is -2.22. The number of benzene rings is 3. The normalized spacial score (nSPS) is 14.9. The van der Waals surface area contributed by atoms with Crippen LogP contribution in [0.5, 0.6) is 5.75 Å². The van der Waals surface area contributed by atoms with E-state index in [4.69, 9.17) is 9.15 Å². The topological polar surface area (TPSA) is 85.5 Å². The smallest absolute Gasteiger partial charge is 0.297 e. The molecule has 5 aromatic rings. The first-order valence-electron chi connectivity index (χ1n) is 11.2. The lowest BCUT2D eigenvalue weighted by molar-refractivity contribution is 0.0970. The minimum atomic E-state index is -0.843. The van der Waals surface area contributed by atoms with E-state index in [1.807, 2.05) is 36.4 Å². The van der Waals surface area contributed by atoms with Crippen LogP contribution in [0.15, 0.2) is 82.0 Å². The van der Waals surface area contributed by atoms with E-state index in [0.29, 0.717) is 28.1 Å². The number of nitrogens with zero attached hydrogens (tertiary/aromatic N) is 3. The van der Waals surface area contributed by atoms with E-state index in [0.717, 1.165) is 11.6 Å². The highest BCUT2D eigenvalue weighted by molar-refractivity contribution is 7.15. The van der Waals surface area contributed by atoms with Crippen LogP contribution in [0.1, 0.15) is 38.3 Å². The molecule has 3 heterocycles. The number of anilines is 1. The van der Waals surface area contributed by atoms with Gasteiger partial charge >= 0.3 is 0 Å². The number of halogens is 1. The van der Waals surface area contributed by atoms with Gasteiger partial charge < -0.3 is 9.15 Å². The molecule has 0 N–H and O–H groups in total. The molecule has 6 rings (SSSR count).